The van der Waals surface area contributed by atoms with Crippen LogP contribution >= 0.6 is 0 Å². The minimum atomic E-state index is -3.60. The molecule has 29 heavy (non-hydrogen) atoms. The monoisotopic (exact) mass is 425 g/mol. The van der Waals surface area contributed by atoms with Gasteiger partial charge in [0.1, 0.15) is 0 Å². The zero-order valence-electron chi connectivity index (χ0n) is 18.2. The van der Waals surface area contributed by atoms with Gasteiger partial charge in [-0.15, -0.1) is 0 Å². The van der Waals surface area contributed by atoms with Crippen molar-refractivity contribution in [1.29, 1.82) is 0 Å². The van der Waals surface area contributed by atoms with Gasteiger partial charge in [0, 0.05) is 7.05 Å². The summed E-state index contributed by atoms with van der Waals surface area (Å²) in [6, 6.07) is 0. The molecule has 0 atom stereocenters. The van der Waals surface area contributed by atoms with Crippen molar-refractivity contribution < 1.29 is 22.9 Å². The van der Waals surface area contributed by atoms with Gasteiger partial charge in [0.2, 0.25) is 15.9 Å². The second-order valence-corrected chi connectivity index (χ2v) is 9.61. The third-order valence-corrected chi connectivity index (χ3v) is 8.27. The average Bonchev–Trinajstić information content (AvgIpc) is 2.69. The zero-order chi connectivity index (χ0) is 21.9. The first-order chi connectivity index (χ1) is 13.5. The first-order valence-corrected chi connectivity index (χ1v) is 11.3. The molecule has 162 valence electrons. The van der Waals surface area contributed by atoms with Crippen molar-refractivity contribution in [2.75, 3.05) is 46.3 Å². The Morgan fingerprint density at radius 2 is 1.38 bits per heavy atom. The summed E-state index contributed by atoms with van der Waals surface area (Å²) in [7, 11) is -2.08. The van der Waals surface area contributed by atoms with Crippen LogP contribution in [0.25, 0.3) is 0 Å². The molecule has 0 radical (unpaired) electrons. The van der Waals surface area contributed by atoms with Crippen LogP contribution < -0.4 is 15.5 Å². The SMILES string of the molecule is CNC(=O)CNC(=O)C[NH+]1CCN(S(=O)(=O)c2c(C)c(C)c(C)c(C)c2C)CC1. The van der Waals surface area contributed by atoms with E-state index in [4.69, 9.17) is 0 Å². The van der Waals surface area contributed by atoms with Gasteiger partial charge >= 0.3 is 0 Å². The summed E-state index contributed by atoms with van der Waals surface area (Å²) in [5.74, 6) is -0.463. The molecule has 0 saturated carbocycles. The highest BCUT2D eigenvalue weighted by molar-refractivity contribution is 7.89. The summed E-state index contributed by atoms with van der Waals surface area (Å²) < 4.78 is 28.3. The standard InChI is InChI=1S/C20H32N4O4S/c1-13-14(2)16(4)20(17(5)15(13)3)29(27,28)24-9-7-23(8-10-24)12-19(26)22-11-18(25)21-6/h7-12H2,1-6H3,(H,21,25)(H,22,26)/p+1. The van der Waals surface area contributed by atoms with E-state index in [1.54, 1.807) is 0 Å². The molecule has 1 aromatic carbocycles. The van der Waals surface area contributed by atoms with Crippen molar-refractivity contribution in [3.05, 3.63) is 27.8 Å². The normalized spacial score (nSPS) is 15.9. The lowest BCUT2D eigenvalue weighted by molar-refractivity contribution is -0.895. The maximum absolute atomic E-state index is 13.4. The van der Waals surface area contributed by atoms with Crippen LogP contribution in [0.4, 0.5) is 0 Å². The summed E-state index contributed by atoms with van der Waals surface area (Å²) in [5.41, 5.74) is 4.80. The third-order valence-electron chi connectivity index (χ3n) is 6.09. The fraction of sp³-hybridized carbons (Fsp3) is 0.600. The van der Waals surface area contributed by atoms with E-state index in [0.29, 0.717) is 31.1 Å². The molecule has 1 aliphatic heterocycles. The highest BCUT2D eigenvalue weighted by atomic mass is 32.2. The van der Waals surface area contributed by atoms with Gasteiger partial charge in [-0.2, -0.15) is 4.31 Å². The highest BCUT2D eigenvalue weighted by Crippen LogP contribution is 2.31. The smallest absolute Gasteiger partial charge is 0.275 e. The number of hydrogen-bond donors (Lipinski definition) is 3. The predicted octanol–water partition coefficient (Wildman–Crippen LogP) is -1.02. The lowest BCUT2D eigenvalue weighted by Gasteiger charge is -2.32. The first-order valence-electron chi connectivity index (χ1n) is 9.88. The highest BCUT2D eigenvalue weighted by Gasteiger charge is 2.34. The van der Waals surface area contributed by atoms with E-state index in [1.807, 2.05) is 34.6 Å². The number of nitrogens with zero attached hydrogens (tertiary/aromatic N) is 1. The lowest BCUT2D eigenvalue weighted by Crippen LogP contribution is -3.15. The summed E-state index contributed by atoms with van der Waals surface area (Å²) in [6.45, 7) is 11.7. The van der Waals surface area contributed by atoms with Crippen molar-refractivity contribution in [3.63, 3.8) is 0 Å². The van der Waals surface area contributed by atoms with E-state index in [1.165, 1.54) is 11.4 Å². The summed E-state index contributed by atoms with van der Waals surface area (Å²) in [6.07, 6.45) is 0. The van der Waals surface area contributed by atoms with Crippen molar-refractivity contribution >= 4 is 21.8 Å². The van der Waals surface area contributed by atoms with E-state index in [2.05, 4.69) is 10.6 Å². The molecule has 0 aliphatic carbocycles. The van der Waals surface area contributed by atoms with Gasteiger partial charge in [-0.05, 0) is 62.4 Å². The molecule has 0 spiro atoms. The molecule has 1 aliphatic rings. The topological polar surface area (TPSA) is 100 Å². The molecular formula is C20H33N4O4S+. The van der Waals surface area contributed by atoms with Crippen LogP contribution in [0.2, 0.25) is 0 Å². The van der Waals surface area contributed by atoms with E-state index in [9.17, 15) is 18.0 Å². The van der Waals surface area contributed by atoms with Gasteiger partial charge in [0.25, 0.3) is 5.91 Å². The molecule has 0 unspecified atom stereocenters. The number of amides is 2. The maximum atomic E-state index is 13.4. The molecule has 9 heteroatoms. The number of nitrogens with one attached hydrogen (secondary N) is 3. The number of hydrogen-bond acceptors (Lipinski definition) is 4. The molecular weight excluding hydrogens is 392 g/mol. The largest absolute Gasteiger partial charge is 0.358 e. The van der Waals surface area contributed by atoms with Gasteiger partial charge < -0.3 is 15.5 Å². The summed E-state index contributed by atoms with van der Waals surface area (Å²) >= 11 is 0. The number of carbonyl (C=O) groups excluding carboxylic acids is 2. The van der Waals surface area contributed by atoms with E-state index in [0.717, 1.165) is 32.7 Å². The molecule has 0 aromatic heterocycles. The Bertz CT molecular complexity index is 875. The van der Waals surface area contributed by atoms with Crippen molar-refractivity contribution in [2.24, 2.45) is 0 Å². The predicted molar refractivity (Wildman–Crippen MR) is 112 cm³/mol. The van der Waals surface area contributed by atoms with E-state index < -0.39 is 10.0 Å². The maximum Gasteiger partial charge on any atom is 0.275 e. The van der Waals surface area contributed by atoms with Crippen LogP contribution in [-0.2, 0) is 19.6 Å². The Morgan fingerprint density at radius 1 is 0.897 bits per heavy atom. The molecule has 1 saturated heterocycles. The van der Waals surface area contributed by atoms with Crippen molar-refractivity contribution in [3.8, 4) is 0 Å². The molecule has 8 nitrogen and oxygen atoms in total. The minimum absolute atomic E-state index is 0.0478. The van der Waals surface area contributed by atoms with Gasteiger partial charge in [-0.1, -0.05) is 0 Å². The Hall–Kier alpha value is -1.97. The molecule has 1 aromatic rings. The summed E-state index contributed by atoms with van der Waals surface area (Å²) in [4.78, 5) is 24.6. The minimum Gasteiger partial charge on any atom is -0.358 e. The van der Waals surface area contributed by atoms with Crippen LogP contribution in [0.3, 0.4) is 0 Å². The lowest BCUT2D eigenvalue weighted by atomic mass is 9.95. The second-order valence-electron chi connectivity index (χ2n) is 7.73. The number of carbonyl (C=O) groups is 2. The van der Waals surface area contributed by atoms with Crippen LogP contribution in [-0.4, -0.2) is 70.9 Å². The molecule has 2 amide bonds. The van der Waals surface area contributed by atoms with Crippen molar-refractivity contribution in [1.82, 2.24) is 14.9 Å². The molecule has 2 rings (SSSR count). The van der Waals surface area contributed by atoms with Gasteiger partial charge in [0.15, 0.2) is 6.54 Å². The molecule has 1 fully saturated rings. The number of quaternary nitrogens is 1. The molecule has 0 bridgehead atoms. The van der Waals surface area contributed by atoms with Crippen LogP contribution in [0, 0.1) is 34.6 Å². The Balaban J connectivity index is 2.08. The summed E-state index contributed by atoms with van der Waals surface area (Å²) in [5, 5.41) is 5.03. The number of sulfonamides is 1. The average molecular weight is 426 g/mol. The first kappa shape index (κ1) is 23.3. The molecule has 3 N–H and O–H groups in total. The fourth-order valence-electron chi connectivity index (χ4n) is 3.76. The third kappa shape index (κ3) is 4.96. The fourth-order valence-corrected chi connectivity index (χ4v) is 5.76. The Labute approximate surface area is 173 Å². The van der Waals surface area contributed by atoms with Gasteiger partial charge in [-0.25, -0.2) is 8.42 Å². The number of benzene rings is 1. The van der Waals surface area contributed by atoms with Gasteiger partial charge in [0.05, 0.1) is 37.6 Å². The van der Waals surface area contributed by atoms with Crippen LogP contribution in [0.1, 0.15) is 27.8 Å². The number of piperazine rings is 1. The van der Waals surface area contributed by atoms with Crippen LogP contribution in [0.5, 0.6) is 0 Å². The van der Waals surface area contributed by atoms with E-state index >= 15 is 0 Å². The Morgan fingerprint density at radius 3 is 1.86 bits per heavy atom. The van der Waals surface area contributed by atoms with Gasteiger partial charge in [-0.3, -0.25) is 9.59 Å². The van der Waals surface area contributed by atoms with Crippen molar-refractivity contribution in [2.45, 2.75) is 39.5 Å². The van der Waals surface area contributed by atoms with Crippen LogP contribution in [0.15, 0.2) is 4.90 Å². The number of likely N-dealkylation sites (N-methyl/N-ethyl adjacent to an activating group) is 1. The van der Waals surface area contributed by atoms with E-state index in [-0.39, 0.29) is 24.9 Å². The zero-order valence-corrected chi connectivity index (χ0v) is 19.0. The quantitative estimate of drug-likeness (QED) is 0.543. The number of rotatable bonds is 6. The second kappa shape index (κ2) is 9.23. The Kier molecular flexibility index (Phi) is 7.42. The molecule has 1 heterocycles.